The van der Waals surface area contributed by atoms with Gasteiger partial charge in [-0.05, 0) is 38.0 Å². The van der Waals surface area contributed by atoms with Gasteiger partial charge in [-0.2, -0.15) is 0 Å². The average Bonchev–Trinajstić information content (AvgIpc) is 2.34. The van der Waals surface area contributed by atoms with E-state index in [1.54, 1.807) is 6.92 Å². The number of nitrogens with zero attached hydrogens (tertiary/aromatic N) is 1. The number of benzene rings is 1. The van der Waals surface area contributed by atoms with Crippen LogP contribution >= 0.6 is 0 Å². The smallest absolute Gasteiger partial charge is 0.335 e. The topological polar surface area (TPSA) is 60.8 Å². The van der Waals surface area contributed by atoms with Gasteiger partial charge in [0.2, 0.25) is 0 Å². The molecular weight excluding hydrogens is 249 g/mol. The summed E-state index contributed by atoms with van der Waals surface area (Å²) in [6, 6.07) is 3.84. The third-order valence-electron chi connectivity index (χ3n) is 3.62. The fourth-order valence-electron chi connectivity index (χ4n) is 2.26. The molecule has 0 atom stereocenters. The Kier molecular flexibility index (Phi) is 3.87. The minimum Gasteiger partial charge on any atom is -0.478 e. The van der Waals surface area contributed by atoms with Gasteiger partial charge in [0, 0.05) is 25.2 Å². The highest BCUT2D eigenvalue weighted by Gasteiger charge is 2.27. The van der Waals surface area contributed by atoms with Gasteiger partial charge in [0.05, 0.1) is 11.2 Å². The van der Waals surface area contributed by atoms with Gasteiger partial charge >= 0.3 is 5.97 Å². The van der Waals surface area contributed by atoms with Gasteiger partial charge in [-0.1, -0.05) is 0 Å². The lowest BCUT2D eigenvalue weighted by Crippen LogP contribution is -2.42. The predicted octanol–water partition coefficient (Wildman–Crippen LogP) is 1.87. The Bertz CT molecular complexity index is 478. The molecule has 0 aromatic heterocycles. The molecule has 0 radical (unpaired) electrons. The van der Waals surface area contributed by atoms with Crippen molar-refractivity contribution in [3.8, 4) is 0 Å². The lowest BCUT2D eigenvalue weighted by atomic mass is 9.93. The van der Waals surface area contributed by atoms with Crippen LogP contribution in [0.4, 0.5) is 4.39 Å². The summed E-state index contributed by atoms with van der Waals surface area (Å²) in [4.78, 5) is 12.9. The molecule has 1 heterocycles. The SMILES string of the molecule is CC1(O)CCN(Cc2cc(C(=O)O)ccc2F)CC1. The molecule has 1 aromatic carbocycles. The maximum atomic E-state index is 13.7. The van der Waals surface area contributed by atoms with Gasteiger partial charge in [0.1, 0.15) is 5.82 Å². The van der Waals surface area contributed by atoms with Gasteiger partial charge in [-0.25, -0.2) is 9.18 Å². The number of hydrogen-bond donors (Lipinski definition) is 2. The molecule has 5 heteroatoms. The number of carboxylic acid groups (broad SMARTS) is 1. The van der Waals surface area contributed by atoms with Crippen molar-refractivity contribution in [1.29, 1.82) is 0 Å². The van der Waals surface area contributed by atoms with E-state index in [2.05, 4.69) is 0 Å². The molecule has 1 saturated heterocycles. The molecular formula is C14H18FNO3. The number of carboxylic acids is 1. The molecule has 0 amide bonds. The molecule has 19 heavy (non-hydrogen) atoms. The zero-order chi connectivity index (χ0) is 14.0. The van der Waals surface area contributed by atoms with Gasteiger partial charge in [0.25, 0.3) is 0 Å². The third kappa shape index (κ3) is 3.52. The summed E-state index contributed by atoms with van der Waals surface area (Å²) >= 11 is 0. The molecule has 1 aromatic rings. The van der Waals surface area contributed by atoms with E-state index in [0.717, 1.165) is 0 Å². The molecule has 2 N–H and O–H groups in total. The third-order valence-corrected chi connectivity index (χ3v) is 3.62. The van der Waals surface area contributed by atoms with Gasteiger partial charge in [-0.15, -0.1) is 0 Å². The average molecular weight is 267 g/mol. The summed E-state index contributed by atoms with van der Waals surface area (Å²) in [6.07, 6.45) is 1.29. The summed E-state index contributed by atoms with van der Waals surface area (Å²) < 4.78 is 13.7. The molecule has 0 unspecified atom stereocenters. The molecule has 4 nitrogen and oxygen atoms in total. The van der Waals surface area contributed by atoms with Gasteiger partial charge in [-0.3, -0.25) is 4.90 Å². The summed E-state index contributed by atoms with van der Waals surface area (Å²) in [5.41, 5.74) is -0.153. The molecule has 0 bridgehead atoms. The molecule has 0 saturated carbocycles. The van der Waals surface area contributed by atoms with Crippen molar-refractivity contribution in [2.75, 3.05) is 13.1 Å². The normalized spacial score (nSPS) is 19.3. The first-order valence-electron chi connectivity index (χ1n) is 6.34. The van der Waals surface area contributed by atoms with Gasteiger partial charge in [0.15, 0.2) is 0 Å². The fraction of sp³-hybridized carbons (Fsp3) is 0.500. The van der Waals surface area contributed by atoms with Crippen LogP contribution in [0.15, 0.2) is 18.2 Å². The summed E-state index contributed by atoms with van der Waals surface area (Å²) in [5, 5.41) is 18.8. The molecule has 0 aliphatic carbocycles. The van der Waals surface area contributed by atoms with E-state index in [1.165, 1.54) is 18.2 Å². The van der Waals surface area contributed by atoms with Crippen molar-refractivity contribution in [2.24, 2.45) is 0 Å². The van der Waals surface area contributed by atoms with Crippen molar-refractivity contribution >= 4 is 5.97 Å². The van der Waals surface area contributed by atoms with E-state index >= 15 is 0 Å². The van der Waals surface area contributed by atoms with Crippen LogP contribution in [-0.2, 0) is 6.54 Å². The number of piperidine rings is 1. The fourth-order valence-corrected chi connectivity index (χ4v) is 2.26. The number of aromatic carboxylic acids is 1. The van der Waals surface area contributed by atoms with E-state index in [0.29, 0.717) is 38.0 Å². The minimum absolute atomic E-state index is 0.0976. The summed E-state index contributed by atoms with van der Waals surface area (Å²) in [7, 11) is 0. The molecule has 1 aliphatic rings. The maximum absolute atomic E-state index is 13.7. The number of aliphatic hydroxyl groups is 1. The van der Waals surface area contributed by atoms with Crippen LogP contribution in [0, 0.1) is 5.82 Å². The summed E-state index contributed by atoms with van der Waals surface area (Å²) in [5.74, 6) is -1.44. The van der Waals surface area contributed by atoms with Crippen LogP contribution in [0.25, 0.3) is 0 Å². The molecule has 1 fully saturated rings. The first kappa shape index (κ1) is 14.0. The van der Waals surface area contributed by atoms with E-state index in [-0.39, 0.29) is 11.4 Å². The molecule has 2 rings (SSSR count). The van der Waals surface area contributed by atoms with Crippen LogP contribution in [0.3, 0.4) is 0 Å². The number of likely N-dealkylation sites (tertiary alicyclic amines) is 1. The Labute approximate surface area is 111 Å². The second kappa shape index (κ2) is 5.27. The van der Waals surface area contributed by atoms with E-state index < -0.39 is 11.6 Å². The zero-order valence-electron chi connectivity index (χ0n) is 10.9. The number of rotatable bonds is 3. The Morgan fingerprint density at radius 2 is 2.05 bits per heavy atom. The maximum Gasteiger partial charge on any atom is 0.335 e. The van der Waals surface area contributed by atoms with Crippen molar-refractivity contribution in [3.05, 3.63) is 35.1 Å². The Hall–Kier alpha value is -1.46. The highest BCUT2D eigenvalue weighted by molar-refractivity contribution is 5.87. The lowest BCUT2D eigenvalue weighted by Gasteiger charge is -2.35. The Morgan fingerprint density at radius 1 is 1.42 bits per heavy atom. The minimum atomic E-state index is -1.05. The van der Waals surface area contributed by atoms with Crippen LogP contribution < -0.4 is 0 Å². The summed E-state index contributed by atoms with van der Waals surface area (Å²) in [6.45, 7) is 3.55. The van der Waals surface area contributed by atoms with E-state index in [9.17, 15) is 14.3 Å². The highest BCUT2D eigenvalue weighted by atomic mass is 19.1. The lowest BCUT2D eigenvalue weighted by molar-refractivity contribution is -0.00749. The van der Waals surface area contributed by atoms with Gasteiger partial charge < -0.3 is 10.2 Å². The molecule has 104 valence electrons. The second-order valence-corrected chi connectivity index (χ2v) is 5.38. The number of halogens is 1. The number of hydrogen-bond acceptors (Lipinski definition) is 3. The Balaban J connectivity index is 2.07. The van der Waals surface area contributed by atoms with E-state index in [4.69, 9.17) is 5.11 Å². The van der Waals surface area contributed by atoms with Crippen molar-refractivity contribution < 1.29 is 19.4 Å². The van der Waals surface area contributed by atoms with Crippen LogP contribution in [0.5, 0.6) is 0 Å². The van der Waals surface area contributed by atoms with Crippen molar-refractivity contribution in [3.63, 3.8) is 0 Å². The van der Waals surface area contributed by atoms with Crippen molar-refractivity contribution in [2.45, 2.75) is 31.9 Å². The molecule has 1 aliphatic heterocycles. The standard InChI is InChI=1S/C14H18FNO3/c1-14(19)4-6-16(7-5-14)9-11-8-10(13(17)18)2-3-12(11)15/h2-3,8,19H,4-7,9H2,1H3,(H,17,18). The quantitative estimate of drug-likeness (QED) is 0.877. The molecule has 0 spiro atoms. The van der Waals surface area contributed by atoms with Crippen LogP contribution in [0.2, 0.25) is 0 Å². The van der Waals surface area contributed by atoms with Crippen molar-refractivity contribution in [1.82, 2.24) is 4.90 Å². The first-order valence-corrected chi connectivity index (χ1v) is 6.34. The largest absolute Gasteiger partial charge is 0.478 e. The van der Waals surface area contributed by atoms with E-state index in [1.807, 2.05) is 4.90 Å². The first-order chi connectivity index (χ1) is 8.87. The number of carbonyl (C=O) groups is 1. The monoisotopic (exact) mass is 267 g/mol. The van der Waals surface area contributed by atoms with Crippen LogP contribution in [0.1, 0.15) is 35.7 Å². The predicted molar refractivity (Wildman–Crippen MR) is 68.5 cm³/mol. The zero-order valence-corrected chi connectivity index (χ0v) is 10.9. The highest BCUT2D eigenvalue weighted by Crippen LogP contribution is 2.23. The Morgan fingerprint density at radius 3 is 2.63 bits per heavy atom. The second-order valence-electron chi connectivity index (χ2n) is 5.38. The van der Waals surface area contributed by atoms with Crippen LogP contribution in [-0.4, -0.2) is 39.8 Å².